The predicted octanol–water partition coefficient (Wildman–Crippen LogP) is 1.97. The van der Waals surface area contributed by atoms with Crippen molar-refractivity contribution in [1.82, 2.24) is 24.8 Å². The van der Waals surface area contributed by atoms with E-state index in [4.69, 9.17) is 9.47 Å². The van der Waals surface area contributed by atoms with Crippen LogP contribution in [-0.2, 0) is 17.9 Å². The minimum atomic E-state index is -0.553. The van der Waals surface area contributed by atoms with E-state index >= 15 is 0 Å². The summed E-state index contributed by atoms with van der Waals surface area (Å²) in [6.45, 7) is 0.663. The van der Waals surface area contributed by atoms with Crippen molar-refractivity contribution in [3.05, 3.63) is 69.9 Å². The Morgan fingerprint density at radius 2 is 2.16 bits per heavy atom. The van der Waals surface area contributed by atoms with E-state index in [0.29, 0.717) is 47.9 Å². The van der Waals surface area contributed by atoms with Crippen LogP contribution in [0.25, 0.3) is 11.4 Å². The molecule has 1 amide bonds. The summed E-state index contributed by atoms with van der Waals surface area (Å²) in [6, 6.07) is 4.99. The Kier molecular flexibility index (Phi) is 4.91. The molecule has 0 spiro atoms. The van der Waals surface area contributed by atoms with E-state index < -0.39 is 17.8 Å². The van der Waals surface area contributed by atoms with E-state index in [-0.39, 0.29) is 24.5 Å². The lowest BCUT2D eigenvalue weighted by Crippen LogP contribution is -2.38. The molecule has 2 aliphatic heterocycles. The zero-order valence-corrected chi connectivity index (χ0v) is 16.4. The fraction of sp³-hybridized carbons (Fsp3) is 0.286. The number of nitrogens with one attached hydrogen (secondary N) is 1. The molecule has 1 N–H and O–H groups in total. The molecule has 2 aliphatic rings. The fourth-order valence-corrected chi connectivity index (χ4v) is 3.89. The molecule has 3 aromatic rings. The summed E-state index contributed by atoms with van der Waals surface area (Å²) < 4.78 is 26.2. The van der Waals surface area contributed by atoms with Crippen molar-refractivity contribution in [2.24, 2.45) is 0 Å². The summed E-state index contributed by atoms with van der Waals surface area (Å²) >= 11 is 0. The van der Waals surface area contributed by atoms with Gasteiger partial charge in [-0.05, 0) is 31.0 Å². The second kappa shape index (κ2) is 7.88. The third-order valence-electron chi connectivity index (χ3n) is 5.29. The molecule has 1 atom stereocenters. The minimum Gasteiger partial charge on any atom is -0.466 e. The van der Waals surface area contributed by atoms with Crippen LogP contribution < -0.4 is 15.6 Å². The molecule has 5 rings (SSSR count). The summed E-state index contributed by atoms with van der Waals surface area (Å²) in [5.74, 6) is -0.309. The number of halogens is 1. The number of carbonyl (C=O) groups excluding carboxylic acids is 1. The number of rotatable bonds is 3. The van der Waals surface area contributed by atoms with E-state index in [0.717, 1.165) is 6.07 Å². The van der Waals surface area contributed by atoms with Crippen LogP contribution >= 0.6 is 0 Å². The van der Waals surface area contributed by atoms with E-state index in [9.17, 15) is 14.0 Å². The number of hydrogen-bond acceptors (Lipinski definition) is 7. The third kappa shape index (κ3) is 3.66. The molecule has 0 bridgehead atoms. The molecular weight excluding hydrogens is 405 g/mol. The number of ether oxygens (including phenoxy) is 2. The molecule has 1 aromatic carbocycles. The summed E-state index contributed by atoms with van der Waals surface area (Å²) in [4.78, 5) is 38.4. The van der Waals surface area contributed by atoms with Gasteiger partial charge in [-0.15, -0.1) is 0 Å². The normalized spacial score (nSPS) is 17.3. The smallest absolute Gasteiger partial charge is 0.255 e. The lowest BCUT2D eigenvalue weighted by Gasteiger charge is -2.27. The van der Waals surface area contributed by atoms with Gasteiger partial charge in [-0.25, -0.2) is 19.3 Å². The van der Waals surface area contributed by atoms with Gasteiger partial charge in [-0.2, -0.15) is 0 Å². The van der Waals surface area contributed by atoms with Gasteiger partial charge in [0, 0.05) is 24.4 Å². The molecule has 1 unspecified atom stereocenters. The van der Waals surface area contributed by atoms with Crippen LogP contribution in [0, 0.1) is 5.82 Å². The van der Waals surface area contributed by atoms with Gasteiger partial charge in [-0.3, -0.25) is 14.2 Å². The SMILES string of the molecule is O=C(NC1CCCn2c1nc(-c1ccncn1)cc2=O)c1cc(F)cc2c1OCOC2. The number of nitrogens with zero attached hydrogens (tertiary/aromatic N) is 4. The van der Waals surface area contributed by atoms with Gasteiger partial charge in [0.15, 0.2) is 6.79 Å². The molecule has 0 saturated carbocycles. The fourth-order valence-electron chi connectivity index (χ4n) is 3.89. The molecule has 0 fully saturated rings. The van der Waals surface area contributed by atoms with Gasteiger partial charge < -0.3 is 14.8 Å². The average Bonchev–Trinajstić information content (AvgIpc) is 2.79. The highest BCUT2D eigenvalue weighted by Gasteiger charge is 2.28. The second-order valence-corrected chi connectivity index (χ2v) is 7.30. The van der Waals surface area contributed by atoms with Crippen LogP contribution in [0.15, 0.2) is 41.6 Å². The molecule has 0 aliphatic carbocycles. The maximum absolute atomic E-state index is 14.1. The lowest BCUT2D eigenvalue weighted by molar-refractivity contribution is -0.0170. The molecular formula is C21H18FN5O4. The topological polar surface area (TPSA) is 108 Å². The van der Waals surface area contributed by atoms with Gasteiger partial charge in [0.1, 0.15) is 23.7 Å². The first-order chi connectivity index (χ1) is 15.1. The maximum atomic E-state index is 14.1. The zero-order chi connectivity index (χ0) is 21.4. The van der Waals surface area contributed by atoms with Crippen LogP contribution in [0.5, 0.6) is 5.75 Å². The molecule has 0 radical (unpaired) electrons. The summed E-state index contributed by atoms with van der Waals surface area (Å²) in [6.07, 6.45) is 4.23. The predicted molar refractivity (Wildman–Crippen MR) is 106 cm³/mol. The van der Waals surface area contributed by atoms with E-state index in [2.05, 4.69) is 20.3 Å². The standard InChI is InChI=1S/C21H18FN5O4/c22-13-6-12-9-30-11-31-19(12)14(7-13)21(29)26-16-2-1-5-27-18(28)8-17(25-20(16)27)15-3-4-23-10-24-15/h3-4,6-8,10,16H,1-2,5,9,11H2,(H,26,29). The maximum Gasteiger partial charge on any atom is 0.255 e. The number of carbonyl (C=O) groups is 1. The highest BCUT2D eigenvalue weighted by atomic mass is 19.1. The first-order valence-electron chi connectivity index (χ1n) is 9.82. The largest absolute Gasteiger partial charge is 0.466 e. The Morgan fingerprint density at radius 3 is 3.00 bits per heavy atom. The van der Waals surface area contributed by atoms with E-state index in [1.807, 2.05) is 0 Å². The van der Waals surface area contributed by atoms with Crippen LogP contribution in [0.3, 0.4) is 0 Å². The summed E-state index contributed by atoms with van der Waals surface area (Å²) in [7, 11) is 0. The van der Waals surface area contributed by atoms with Crippen LogP contribution in [0.4, 0.5) is 4.39 Å². The van der Waals surface area contributed by atoms with Crippen LogP contribution in [-0.4, -0.2) is 32.2 Å². The highest BCUT2D eigenvalue weighted by molar-refractivity contribution is 5.97. The monoisotopic (exact) mass is 423 g/mol. The van der Waals surface area contributed by atoms with Crippen molar-refractivity contribution >= 4 is 5.91 Å². The van der Waals surface area contributed by atoms with Gasteiger partial charge in [0.25, 0.3) is 11.5 Å². The number of hydrogen-bond donors (Lipinski definition) is 1. The second-order valence-electron chi connectivity index (χ2n) is 7.30. The average molecular weight is 423 g/mol. The van der Waals surface area contributed by atoms with Gasteiger partial charge >= 0.3 is 0 Å². The Hall–Kier alpha value is -3.66. The van der Waals surface area contributed by atoms with Crippen LogP contribution in [0.2, 0.25) is 0 Å². The van der Waals surface area contributed by atoms with Crippen molar-refractivity contribution in [2.45, 2.75) is 32.0 Å². The van der Waals surface area contributed by atoms with Crippen molar-refractivity contribution in [1.29, 1.82) is 0 Å². The van der Waals surface area contributed by atoms with E-state index in [1.54, 1.807) is 16.8 Å². The molecule has 9 nitrogen and oxygen atoms in total. The summed E-state index contributed by atoms with van der Waals surface area (Å²) in [5.41, 5.74) is 1.26. The van der Waals surface area contributed by atoms with Crippen molar-refractivity contribution < 1.29 is 18.7 Å². The Morgan fingerprint density at radius 1 is 1.26 bits per heavy atom. The Bertz CT molecular complexity index is 1210. The van der Waals surface area contributed by atoms with Gasteiger partial charge in [0.2, 0.25) is 0 Å². The highest BCUT2D eigenvalue weighted by Crippen LogP contribution is 2.31. The molecule has 31 heavy (non-hydrogen) atoms. The molecule has 0 saturated heterocycles. The number of fused-ring (bicyclic) bond motifs is 2. The number of benzene rings is 1. The van der Waals surface area contributed by atoms with E-state index in [1.165, 1.54) is 18.5 Å². The molecule has 10 heteroatoms. The van der Waals surface area contributed by atoms with Crippen molar-refractivity contribution in [3.63, 3.8) is 0 Å². The first-order valence-corrected chi connectivity index (χ1v) is 9.82. The first kappa shape index (κ1) is 19.3. The molecule has 2 aromatic heterocycles. The third-order valence-corrected chi connectivity index (χ3v) is 5.29. The minimum absolute atomic E-state index is 0.00951. The van der Waals surface area contributed by atoms with Gasteiger partial charge in [-0.1, -0.05) is 0 Å². The molecule has 158 valence electrons. The van der Waals surface area contributed by atoms with Crippen LogP contribution in [0.1, 0.15) is 40.6 Å². The lowest BCUT2D eigenvalue weighted by atomic mass is 10.0. The van der Waals surface area contributed by atoms with Gasteiger partial charge in [0.05, 0.1) is 29.6 Å². The number of aromatic nitrogens is 4. The van der Waals surface area contributed by atoms with Crippen molar-refractivity contribution in [2.75, 3.05) is 6.79 Å². The van der Waals surface area contributed by atoms with Crippen molar-refractivity contribution in [3.8, 4) is 17.1 Å². The zero-order valence-electron chi connectivity index (χ0n) is 16.4. The number of amides is 1. The molecule has 4 heterocycles. The Balaban J connectivity index is 1.50. The Labute approximate surface area is 175 Å². The summed E-state index contributed by atoms with van der Waals surface area (Å²) in [5, 5.41) is 2.89. The quantitative estimate of drug-likeness (QED) is 0.686.